The number of methoxy groups -OCH3 is 1. The minimum absolute atomic E-state index is 0.146. The number of nitrogens with zero attached hydrogens (tertiary/aromatic N) is 1. The van der Waals surface area contributed by atoms with Gasteiger partial charge in [0.15, 0.2) is 0 Å². The van der Waals surface area contributed by atoms with Gasteiger partial charge < -0.3 is 15.4 Å². The molecular weight excluding hydrogens is 279 g/mol. The van der Waals surface area contributed by atoms with Crippen LogP contribution in [0.3, 0.4) is 0 Å². The average molecular weight is 298 g/mol. The van der Waals surface area contributed by atoms with E-state index in [1.807, 2.05) is 11.8 Å². The Morgan fingerprint density at radius 1 is 1.60 bits per heavy atom. The van der Waals surface area contributed by atoms with Crippen LogP contribution in [0.25, 0.3) is 0 Å². The topological polar surface area (TPSA) is 55.6 Å². The van der Waals surface area contributed by atoms with E-state index in [0.717, 1.165) is 17.9 Å². The lowest BCUT2D eigenvalue weighted by Crippen LogP contribution is -2.42. The first kappa shape index (κ1) is 15.1. The lowest BCUT2D eigenvalue weighted by atomic mass is 10.1. The first-order chi connectivity index (χ1) is 9.63. The van der Waals surface area contributed by atoms with Gasteiger partial charge in [-0.3, -0.25) is 4.79 Å². The predicted octanol–water partition coefficient (Wildman–Crippen LogP) is 2.00. The highest BCUT2D eigenvalue weighted by atomic mass is 32.2. The van der Waals surface area contributed by atoms with Crippen LogP contribution >= 0.6 is 11.8 Å². The molecule has 0 aliphatic carbocycles. The summed E-state index contributed by atoms with van der Waals surface area (Å²) in [7, 11) is 1.61. The van der Waals surface area contributed by atoms with Gasteiger partial charge in [0.1, 0.15) is 5.82 Å². The molecule has 1 aliphatic rings. The SMILES string of the molecule is COCCN(C(=O)c1ccc(F)cc1N)C1CCSC1. The molecule has 0 spiro atoms. The number of ether oxygens (including phenoxy) is 1. The number of anilines is 1. The zero-order valence-corrected chi connectivity index (χ0v) is 12.3. The maximum absolute atomic E-state index is 13.1. The fraction of sp³-hybridized carbons (Fsp3) is 0.500. The van der Waals surface area contributed by atoms with Gasteiger partial charge in [0, 0.05) is 31.1 Å². The maximum atomic E-state index is 13.1. The van der Waals surface area contributed by atoms with Gasteiger partial charge in [0.2, 0.25) is 0 Å². The summed E-state index contributed by atoms with van der Waals surface area (Å²) < 4.78 is 18.2. The fourth-order valence-corrected chi connectivity index (χ4v) is 3.51. The van der Waals surface area contributed by atoms with E-state index in [4.69, 9.17) is 10.5 Å². The van der Waals surface area contributed by atoms with E-state index in [2.05, 4.69) is 0 Å². The number of rotatable bonds is 5. The van der Waals surface area contributed by atoms with Crippen LogP contribution in [0, 0.1) is 5.82 Å². The molecule has 1 unspecified atom stereocenters. The number of carbonyl (C=O) groups is 1. The summed E-state index contributed by atoms with van der Waals surface area (Å²) in [5.41, 5.74) is 6.31. The van der Waals surface area contributed by atoms with Gasteiger partial charge in [-0.25, -0.2) is 4.39 Å². The molecule has 1 fully saturated rings. The Morgan fingerprint density at radius 2 is 2.40 bits per heavy atom. The highest BCUT2D eigenvalue weighted by Crippen LogP contribution is 2.25. The summed E-state index contributed by atoms with van der Waals surface area (Å²) in [6, 6.07) is 4.11. The van der Waals surface area contributed by atoms with Crippen LogP contribution in [0.15, 0.2) is 18.2 Å². The Labute approximate surface area is 122 Å². The van der Waals surface area contributed by atoms with Gasteiger partial charge in [0.25, 0.3) is 5.91 Å². The molecule has 1 heterocycles. The third-order valence-corrected chi connectivity index (χ3v) is 4.53. The number of nitrogen functional groups attached to an aromatic ring is 1. The standard InChI is InChI=1S/C14H19FN2O2S/c1-19-6-5-17(11-4-7-20-9-11)14(18)12-3-2-10(15)8-13(12)16/h2-3,8,11H,4-7,9,16H2,1H3. The number of nitrogens with two attached hydrogens (primary N) is 1. The van der Waals surface area contributed by atoms with Crippen LogP contribution in [-0.4, -0.2) is 48.6 Å². The second kappa shape index (κ2) is 6.95. The van der Waals surface area contributed by atoms with Crippen molar-refractivity contribution in [3.63, 3.8) is 0 Å². The van der Waals surface area contributed by atoms with Gasteiger partial charge in [-0.2, -0.15) is 11.8 Å². The second-order valence-electron chi connectivity index (χ2n) is 4.74. The van der Waals surface area contributed by atoms with Crippen LogP contribution in [0.5, 0.6) is 0 Å². The molecule has 1 aliphatic heterocycles. The van der Waals surface area contributed by atoms with Gasteiger partial charge in [-0.05, 0) is 30.4 Å². The summed E-state index contributed by atoms with van der Waals surface area (Å²) in [6.45, 7) is 1.01. The molecule has 1 aromatic rings. The van der Waals surface area contributed by atoms with Crippen molar-refractivity contribution >= 4 is 23.4 Å². The fourth-order valence-electron chi connectivity index (χ4n) is 2.29. The molecule has 110 valence electrons. The van der Waals surface area contributed by atoms with E-state index in [1.54, 1.807) is 12.0 Å². The smallest absolute Gasteiger partial charge is 0.256 e. The molecule has 1 saturated heterocycles. The van der Waals surface area contributed by atoms with Gasteiger partial charge >= 0.3 is 0 Å². The Morgan fingerprint density at radius 3 is 3.00 bits per heavy atom. The van der Waals surface area contributed by atoms with Crippen LogP contribution in [0.1, 0.15) is 16.8 Å². The number of benzene rings is 1. The van der Waals surface area contributed by atoms with Crippen LogP contribution in [0.4, 0.5) is 10.1 Å². The average Bonchev–Trinajstić information content (AvgIpc) is 2.93. The largest absolute Gasteiger partial charge is 0.398 e. The highest BCUT2D eigenvalue weighted by molar-refractivity contribution is 7.99. The Kier molecular flexibility index (Phi) is 5.25. The third-order valence-electron chi connectivity index (χ3n) is 3.39. The molecule has 0 saturated carbocycles. The van der Waals surface area contributed by atoms with E-state index in [9.17, 15) is 9.18 Å². The molecular formula is C14H19FN2O2S. The van der Waals surface area contributed by atoms with E-state index in [1.165, 1.54) is 18.2 Å². The molecule has 0 radical (unpaired) electrons. The second-order valence-corrected chi connectivity index (χ2v) is 5.89. The monoisotopic (exact) mass is 298 g/mol. The van der Waals surface area contributed by atoms with Gasteiger partial charge in [-0.15, -0.1) is 0 Å². The van der Waals surface area contributed by atoms with Crippen LogP contribution < -0.4 is 5.73 Å². The minimum Gasteiger partial charge on any atom is -0.398 e. The minimum atomic E-state index is -0.432. The molecule has 0 aromatic heterocycles. The van der Waals surface area contributed by atoms with Crippen molar-refractivity contribution < 1.29 is 13.9 Å². The molecule has 6 heteroatoms. The van der Waals surface area contributed by atoms with Gasteiger partial charge in [-0.1, -0.05) is 0 Å². The highest BCUT2D eigenvalue weighted by Gasteiger charge is 2.28. The number of amides is 1. The van der Waals surface area contributed by atoms with E-state index in [0.29, 0.717) is 18.7 Å². The molecule has 20 heavy (non-hydrogen) atoms. The van der Waals surface area contributed by atoms with E-state index >= 15 is 0 Å². The maximum Gasteiger partial charge on any atom is 0.256 e. The molecule has 2 rings (SSSR count). The number of thioether (sulfide) groups is 1. The number of carbonyl (C=O) groups excluding carboxylic acids is 1. The third kappa shape index (κ3) is 3.43. The lowest BCUT2D eigenvalue weighted by molar-refractivity contribution is 0.0625. The zero-order valence-electron chi connectivity index (χ0n) is 11.5. The molecule has 2 N–H and O–H groups in total. The van der Waals surface area contributed by atoms with Crippen LogP contribution in [-0.2, 0) is 4.74 Å². The number of halogens is 1. The van der Waals surface area contributed by atoms with Crippen LogP contribution in [0.2, 0.25) is 0 Å². The Hall–Kier alpha value is -1.27. The number of hydrogen-bond donors (Lipinski definition) is 1. The van der Waals surface area contributed by atoms with Gasteiger partial charge in [0.05, 0.1) is 12.2 Å². The van der Waals surface area contributed by atoms with Crippen molar-refractivity contribution in [2.75, 3.05) is 37.5 Å². The summed E-state index contributed by atoms with van der Waals surface area (Å²) in [4.78, 5) is 14.4. The first-order valence-electron chi connectivity index (χ1n) is 6.56. The summed E-state index contributed by atoms with van der Waals surface area (Å²) in [5, 5.41) is 0. The van der Waals surface area contributed by atoms with Crippen molar-refractivity contribution in [1.82, 2.24) is 4.90 Å². The quantitative estimate of drug-likeness (QED) is 0.845. The molecule has 1 atom stereocenters. The summed E-state index contributed by atoms with van der Waals surface area (Å²) in [6.07, 6.45) is 0.973. The predicted molar refractivity (Wildman–Crippen MR) is 79.5 cm³/mol. The summed E-state index contributed by atoms with van der Waals surface area (Å²) >= 11 is 1.84. The Balaban J connectivity index is 2.20. The molecule has 4 nitrogen and oxygen atoms in total. The van der Waals surface area contributed by atoms with E-state index < -0.39 is 5.82 Å². The first-order valence-corrected chi connectivity index (χ1v) is 7.71. The normalized spacial score (nSPS) is 18.2. The molecule has 1 aromatic carbocycles. The van der Waals surface area contributed by atoms with Crippen molar-refractivity contribution in [1.29, 1.82) is 0 Å². The Bertz CT molecular complexity index is 478. The molecule has 0 bridgehead atoms. The van der Waals surface area contributed by atoms with Crippen molar-refractivity contribution in [2.45, 2.75) is 12.5 Å². The van der Waals surface area contributed by atoms with Crippen molar-refractivity contribution in [3.8, 4) is 0 Å². The van der Waals surface area contributed by atoms with Crippen molar-refractivity contribution in [3.05, 3.63) is 29.6 Å². The summed E-state index contributed by atoms with van der Waals surface area (Å²) in [5.74, 6) is 1.41. The van der Waals surface area contributed by atoms with Crippen molar-refractivity contribution in [2.24, 2.45) is 0 Å². The molecule has 1 amide bonds. The zero-order chi connectivity index (χ0) is 14.5. The lowest BCUT2D eigenvalue weighted by Gasteiger charge is -2.28. The number of hydrogen-bond acceptors (Lipinski definition) is 4. The van der Waals surface area contributed by atoms with E-state index in [-0.39, 0.29) is 17.6 Å².